The van der Waals surface area contributed by atoms with Crippen LogP contribution in [-0.2, 0) is 0 Å². The third kappa shape index (κ3) is 4.21. The van der Waals surface area contributed by atoms with Gasteiger partial charge in [-0.25, -0.2) is 0 Å². The Hall–Kier alpha value is -0.740. The van der Waals surface area contributed by atoms with Crippen molar-refractivity contribution in [3.05, 3.63) is 29.3 Å². The second kappa shape index (κ2) is 6.87. The van der Waals surface area contributed by atoms with Crippen LogP contribution in [0.2, 0.25) is 0 Å². The topological polar surface area (TPSA) is 38.0 Å². The molecule has 1 atom stereocenters. The van der Waals surface area contributed by atoms with Crippen LogP contribution in [0.5, 0.6) is 0 Å². The van der Waals surface area contributed by atoms with E-state index in [-0.39, 0.29) is 0 Å². The van der Waals surface area contributed by atoms with E-state index in [1.165, 1.54) is 5.56 Å². The van der Waals surface area contributed by atoms with Crippen LogP contribution in [0.3, 0.4) is 0 Å². The number of rotatable bonds is 6. The Kier molecular flexibility index (Phi) is 5.78. The lowest BCUT2D eigenvalue weighted by atomic mass is 10.1. The Morgan fingerprint density at radius 3 is 2.82 bits per heavy atom. The van der Waals surface area contributed by atoms with Crippen molar-refractivity contribution in [3.8, 4) is 0 Å². The number of hydrogen-bond donors (Lipinski definition) is 2. The fraction of sp³-hybridized carbons (Fsp3) is 0.462. The van der Waals surface area contributed by atoms with E-state index in [2.05, 4.69) is 31.5 Å². The van der Waals surface area contributed by atoms with Crippen LogP contribution >= 0.6 is 24.0 Å². The summed E-state index contributed by atoms with van der Waals surface area (Å²) in [5, 5.41) is 3.51. The summed E-state index contributed by atoms with van der Waals surface area (Å²) in [6.07, 6.45) is 3.26. The van der Waals surface area contributed by atoms with Gasteiger partial charge in [0, 0.05) is 17.3 Å². The van der Waals surface area contributed by atoms with Gasteiger partial charge in [-0.05, 0) is 43.9 Å². The van der Waals surface area contributed by atoms with Gasteiger partial charge < -0.3 is 11.1 Å². The molecule has 0 bridgehead atoms. The van der Waals surface area contributed by atoms with Gasteiger partial charge in [0.15, 0.2) is 0 Å². The van der Waals surface area contributed by atoms with Gasteiger partial charge >= 0.3 is 0 Å². The minimum absolute atomic E-state index is 0.427. The van der Waals surface area contributed by atoms with Gasteiger partial charge in [0.25, 0.3) is 0 Å². The number of nitrogens with two attached hydrogens (primary N) is 1. The molecule has 17 heavy (non-hydrogen) atoms. The van der Waals surface area contributed by atoms with Gasteiger partial charge in [0.2, 0.25) is 0 Å². The number of hydrogen-bond acceptors (Lipinski definition) is 3. The van der Waals surface area contributed by atoms with E-state index in [1.54, 1.807) is 0 Å². The highest BCUT2D eigenvalue weighted by Crippen LogP contribution is 2.22. The molecule has 1 aromatic carbocycles. The second-order valence-corrected chi connectivity index (χ2v) is 5.61. The highest BCUT2D eigenvalue weighted by atomic mass is 32.2. The molecule has 2 nitrogen and oxygen atoms in total. The van der Waals surface area contributed by atoms with E-state index in [0.29, 0.717) is 11.0 Å². The molecule has 0 aromatic heterocycles. The van der Waals surface area contributed by atoms with E-state index in [1.807, 2.05) is 23.9 Å². The predicted molar refractivity (Wildman–Crippen MR) is 83.2 cm³/mol. The molecule has 0 amide bonds. The molecule has 0 aliphatic carbocycles. The minimum Gasteiger partial charge on any atom is -0.389 e. The monoisotopic (exact) mass is 268 g/mol. The summed E-state index contributed by atoms with van der Waals surface area (Å²) in [4.78, 5) is 0.452. The summed E-state index contributed by atoms with van der Waals surface area (Å²) in [5.41, 5.74) is 8.95. The van der Waals surface area contributed by atoms with Crippen molar-refractivity contribution in [2.75, 3.05) is 17.3 Å². The molecule has 0 radical (unpaired) electrons. The van der Waals surface area contributed by atoms with Crippen LogP contribution in [0.1, 0.15) is 24.5 Å². The number of aryl methyl sites for hydroxylation is 1. The van der Waals surface area contributed by atoms with E-state index in [9.17, 15) is 0 Å². The average Bonchev–Trinajstić information content (AvgIpc) is 2.28. The standard InChI is InChI=1S/C13H20N2S2/c1-9-5-4-6-11(13(14)16)12(9)15-10(2)7-8-17-3/h4-6,10,15H,7-8H2,1-3H3,(H2,14,16). The van der Waals surface area contributed by atoms with Gasteiger partial charge in [-0.15, -0.1) is 0 Å². The van der Waals surface area contributed by atoms with Crippen molar-refractivity contribution < 1.29 is 0 Å². The maximum atomic E-state index is 5.75. The highest BCUT2D eigenvalue weighted by molar-refractivity contribution is 7.98. The first-order chi connectivity index (χ1) is 8.06. The van der Waals surface area contributed by atoms with Crippen molar-refractivity contribution in [3.63, 3.8) is 0 Å². The van der Waals surface area contributed by atoms with E-state index < -0.39 is 0 Å². The van der Waals surface area contributed by atoms with Gasteiger partial charge in [-0.1, -0.05) is 24.4 Å². The fourth-order valence-electron chi connectivity index (χ4n) is 1.68. The number of thioether (sulfide) groups is 1. The summed E-state index contributed by atoms with van der Waals surface area (Å²) in [5.74, 6) is 1.16. The Morgan fingerprint density at radius 1 is 1.53 bits per heavy atom. The summed E-state index contributed by atoms with van der Waals surface area (Å²) in [6.45, 7) is 4.26. The SMILES string of the molecule is CSCCC(C)Nc1c(C)cccc1C(N)=S. The normalized spacial score (nSPS) is 12.2. The lowest BCUT2D eigenvalue weighted by Crippen LogP contribution is -2.20. The Balaban J connectivity index is 2.85. The van der Waals surface area contributed by atoms with Crippen molar-refractivity contribution in [2.24, 2.45) is 5.73 Å². The molecular formula is C13H20N2S2. The molecule has 1 aromatic rings. The second-order valence-electron chi connectivity index (χ2n) is 4.19. The fourth-order valence-corrected chi connectivity index (χ4v) is 2.44. The zero-order chi connectivity index (χ0) is 12.8. The molecule has 0 spiro atoms. The van der Waals surface area contributed by atoms with E-state index in [0.717, 1.165) is 23.4 Å². The van der Waals surface area contributed by atoms with Gasteiger partial charge in [-0.3, -0.25) is 0 Å². The van der Waals surface area contributed by atoms with Crippen LogP contribution in [0.4, 0.5) is 5.69 Å². The molecule has 1 unspecified atom stereocenters. The molecule has 0 heterocycles. The minimum atomic E-state index is 0.427. The lowest BCUT2D eigenvalue weighted by molar-refractivity contribution is 0.771. The third-order valence-corrected chi connectivity index (χ3v) is 3.55. The zero-order valence-corrected chi connectivity index (χ0v) is 12.3. The maximum absolute atomic E-state index is 5.75. The number of anilines is 1. The number of para-hydroxylation sites is 1. The third-order valence-electron chi connectivity index (χ3n) is 2.68. The van der Waals surface area contributed by atoms with Gasteiger partial charge in [0.1, 0.15) is 4.99 Å². The molecule has 4 heteroatoms. The molecular weight excluding hydrogens is 248 g/mol. The summed E-state index contributed by atoms with van der Waals surface area (Å²) >= 11 is 6.95. The summed E-state index contributed by atoms with van der Waals surface area (Å²) < 4.78 is 0. The van der Waals surface area contributed by atoms with Crippen molar-refractivity contribution in [1.29, 1.82) is 0 Å². The quantitative estimate of drug-likeness (QED) is 0.777. The molecule has 3 N–H and O–H groups in total. The summed E-state index contributed by atoms with van der Waals surface area (Å²) in [7, 11) is 0. The molecule has 1 rings (SSSR count). The molecule has 0 saturated carbocycles. The first kappa shape index (κ1) is 14.3. The van der Waals surface area contributed by atoms with Crippen molar-refractivity contribution in [2.45, 2.75) is 26.3 Å². The molecule has 0 saturated heterocycles. The molecule has 94 valence electrons. The Labute approximate surface area is 113 Å². The Bertz CT molecular complexity index is 391. The van der Waals surface area contributed by atoms with Crippen LogP contribution < -0.4 is 11.1 Å². The predicted octanol–water partition coefficient (Wildman–Crippen LogP) is 3.18. The van der Waals surface area contributed by atoms with Crippen LogP contribution in [-0.4, -0.2) is 23.0 Å². The molecule has 0 aliphatic heterocycles. The molecule has 0 fully saturated rings. The van der Waals surface area contributed by atoms with Crippen LogP contribution in [0.15, 0.2) is 18.2 Å². The lowest BCUT2D eigenvalue weighted by Gasteiger charge is -2.19. The first-order valence-corrected chi connectivity index (χ1v) is 7.51. The number of benzene rings is 1. The number of nitrogens with one attached hydrogen (secondary N) is 1. The maximum Gasteiger partial charge on any atom is 0.106 e. The largest absolute Gasteiger partial charge is 0.389 e. The summed E-state index contributed by atoms with van der Waals surface area (Å²) in [6, 6.07) is 6.46. The van der Waals surface area contributed by atoms with Crippen LogP contribution in [0, 0.1) is 6.92 Å². The molecule has 0 aliphatic rings. The Morgan fingerprint density at radius 2 is 2.24 bits per heavy atom. The van der Waals surface area contributed by atoms with E-state index in [4.69, 9.17) is 18.0 Å². The van der Waals surface area contributed by atoms with Crippen molar-refractivity contribution in [1.82, 2.24) is 0 Å². The van der Waals surface area contributed by atoms with Crippen molar-refractivity contribution >= 4 is 34.7 Å². The van der Waals surface area contributed by atoms with Gasteiger partial charge in [0.05, 0.1) is 0 Å². The first-order valence-electron chi connectivity index (χ1n) is 5.71. The number of thiocarbonyl (C=S) groups is 1. The smallest absolute Gasteiger partial charge is 0.106 e. The van der Waals surface area contributed by atoms with Gasteiger partial charge in [-0.2, -0.15) is 11.8 Å². The average molecular weight is 268 g/mol. The highest BCUT2D eigenvalue weighted by Gasteiger charge is 2.10. The van der Waals surface area contributed by atoms with Crippen LogP contribution in [0.25, 0.3) is 0 Å². The zero-order valence-electron chi connectivity index (χ0n) is 10.6. The van der Waals surface area contributed by atoms with E-state index >= 15 is 0 Å².